The van der Waals surface area contributed by atoms with Crippen LogP contribution in [0.15, 0.2) is 24.3 Å². The first kappa shape index (κ1) is 13.9. The number of benzene rings is 1. The summed E-state index contributed by atoms with van der Waals surface area (Å²) in [6, 6.07) is 9.76. The normalized spacial score (nSPS) is 24.2. The summed E-state index contributed by atoms with van der Waals surface area (Å²) in [6.45, 7) is 4.74. The van der Waals surface area contributed by atoms with Crippen molar-refractivity contribution in [2.45, 2.75) is 57.2 Å². The molecule has 20 heavy (non-hydrogen) atoms. The van der Waals surface area contributed by atoms with Crippen LogP contribution in [0.2, 0.25) is 0 Å². The Morgan fingerprint density at radius 3 is 2.60 bits per heavy atom. The van der Waals surface area contributed by atoms with Gasteiger partial charge in [-0.05, 0) is 63.3 Å². The van der Waals surface area contributed by atoms with Gasteiger partial charge in [-0.3, -0.25) is 4.90 Å². The molecule has 3 heteroatoms. The second kappa shape index (κ2) is 6.15. The van der Waals surface area contributed by atoms with Crippen LogP contribution in [-0.4, -0.2) is 41.2 Å². The number of hydrogen-bond acceptors (Lipinski definition) is 3. The topological polar surface area (TPSA) is 35.5 Å². The third-order valence-corrected chi connectivity index (χ3v) is 4.64. The molecule has 0 bridgehead atoms. The SMILES string of the molecule is CC(Cc1ccc(O)cc1)N(CC1CCCN1)C1CC1. The number of nitrogens with one attached hydrogen (secondary N) is 1. The third kappa shape index (κ3) is 3.53. The molecular weight excluding hydrogens is 248 g/mol. The van der Waals surface area contributed by atoms with Crippen molar-refractivity contribution < 1.29 is 5.11 Å². The van der Waals surface area contributed by atoms with E-state index in [0.29, 0.717) is 17.8 Å². The first-order valence-electron chi connectivity index (χ1n) is 7.99. The highest BCUT2D eigenvalue weighted by atomic mass is 16.3. The molecule has 2 unspecified atom stereocenters. The fourth-order valence-electron chi connectivity index (χ4n) is 3.35. The molecule has 0 spiro atoms. The van der Waals surface area contributed by atoms with E-state index in [0.717, 1.165) is 12.5 Å². The Bertz CT molecular complexity index is 421. The van der Waals surface area contributed by atoms with E-state index < -0.39 is 0 Å². The summed E-state index contributed by atoms with van der Waals surface area (Å²) in [7, 11) is 0. The molecule has 110 valence electrons. The Kier molecular flexibility index (Phi) is 4.27. The predicted molar refractivity (Wildman–Crippen MR) is 82.0 cm³/mol. The molecule has 1 saturated carbocycles. The van der Waals surface area contributed by atoms with Gasteiger partial charge in [0.05, 0.1) is 0 Å². The number of hydrogen-bond donors (Lipinski definition) is 2. The van der Waals surface area contributed by atoms with Crippen LogP contribution in [0.25, 0.3) is 0 Å². The molecule has 1 saturated heterocycles. The van der Waals surface area contributed by atoms with Crippen molar-refractivity contribution in [1.82, 2.24) is 10.2 Å². The Labute approximate surface area is 122 Å². The van der Waals surface area contributed by atoms with Gasteiger partial charge >= 0.3 is 0 Å². The minimum atomic E-state index is 0.357. The van der Waals surface area contributed by atoms with Crippen molar-refractivity contribution in [1.29, 1.82) is 0 Å². The van der Waals surface area contributed by atoms with Crippen LogP contribution in [0, 0.1) is 0 Å². The molecule has 0 amide bonds. The first-order chi connectivity index (χ1) is 9.72. The predicted octanol–water partition coefficient (Wildman–Crippen LogP) is 2.54. The molecule has 1 aliphatic heterocycles. The van der Waals surface area contributed by atoms with E-state index in [2.05, 4.69) is 17.1 Å². The van der Waals surface area contributed by atoms with E-state index in [4.69, 9.17) is 0 Å². The summed E-state index contributed by atoms with van der Waals surface area (Å²) in [4.78, 5) is 2.70. The minimum absolute atomic E-state index is 0.357. The highest BCUT2D eigenvalue weighted by Crippen LogP contribution is 2.30. The summed E-state index contributed by atoms with van der Waals surface area (Å²) in [5.74, 6) is 0.357. The van der Waals surface area contributed by atoms with Crippen LogP contribution in [-0.2, 0) is 6.42 Å². The summed E-state index contributed by atoms with van der Waals surface area (Å²) in [5.41, 5.74) is 1.32. The maximum atomic E-state index is 9.37. The summed E-state index contributed by atoms with van der Waals surface area (Å²) >= 11 is 0. The van der Waals surface area contributed by atoms with Gasteiger partial charge in [-0.2, -0.15) is 0 Å². The minimum Gasteiger partial charge on any atom is -0.508 e. The van der Waals surface area contributed by atoms with Crippen molar-refractivity contribution >= 4 is 0 Å². The fourth-order valence-corrected chi connectivity index (χ4v) is 3.35. The second-order valence-corrected chi connectivity index (χ2v) is 6.44. The number of nitrogens with zero attached hydrogens (tertiary/aromatic N) is 1. The summed E-state index contributed by atoms with van der Waals surface area (Å²) in [5, 5.41) is 13.0. The zero-order valence-electron chi connectivity index (χ0n) is 12.4. The molecule has 0 aromatic heterocycles. The number of rotatable bonds is 6. The van der Waals surface area contributed by atoms with Crippen LogP contribution < -0.4 is 5.32 Å². The van der Waals surface area contributed by atoms with Gasteiger partial charge in [-0.15, -0.1) is 0 Å². The molecule has 2 atom stereocenters. The van der Waals surface area contributed by atoms with E-state index >= 15 is 0 Å². The lowest BCUT2D eigenvalue weighted by molar-refractivity contribution is 0.180. The quantitative estimate of drug-likeness (QED) is 0.837. The van der Waals surface area contributed by atoms with Crippen molar-refractivity contribution in [3.63, 3.8) is 0 Å². The van der Waals surface area contributed by atoms with Gasteiger partial charge in [0.2, 0.25) is 0 Å². The standard InChI is InChI=1S/C17H26N2O/c1-13(11-14-4-8-17(20)9-5-14)19(16-6-7-16)12-15-3-2-10-18-15/h4-5,8-9,13,15-16,18,20H,2-3,6-7,10-12H2,1H3. The van der Waals surface area contributed by atoms with Gasteiger partial charge in [0.15, 0.2) is 0 Å². The number of aromatic hydroxyl groups is 1. The third-order valence-electron chi connectivity index (χ3n) is 4.64. The van der Waals surface area contributed by atoms with Gasteiger partial charge in [0, 0.05) is 24.7 Å². The zero-order valence-corrected chi connectivity index (χ0v) is 12.4. The van der Waals surface area contributed by atoms with E-state index in [-0.39, 0.29) is 0 Å². The zero-order chi connectivity index (χ0) is 13.9. The average Bonchev–Trinajstić information content (AvgIpc) is 3.15. The summed E-state index contributed by atoms with van der Waals surface area (Å²) < 4.78 is 0. The average molecular weight is 274 g/mol. The van der Waals surface area contributed by atoms with E-state index in [1.165, 1.54) is 44.3 Å². The Morgan fingerprint density at radius 2 is 2.00 bits per heavy atom. The van der Waals surface area contributed by atoms with Crippen LogP contribution in [0.1, 0.15) is 38.2 Å². The molecule has 3 rings (SSSR count). The van der Waals surface area contributed by atoms with Crippen LogP contribution in [0.3, 0.4) is 0 Å². The Morgan fingerprint density at radius 1 is 1.25 bits per heavy atom. The van der Waals surface area contributed by atoms with Crippen LogP contribution in [0.5, 0.6) is 5.75 Å². The molecule has 1 aromatic rings. The molecular formula is C17H26N2O. The van der Waals surface area contributed by atoms with Crippen LogP contribution in [0.4, 0.5) is 0 Å². The maximum absolute atomic E-state index is 9.37. The lowest BCUT2D eigenvalue weighted by atomic mass is 10.0. The molecule has 1 heterocycles. The lowest BCUT2D eigenvalue weighted by Crippen LogP contribution is -2.44. The van der Waals surface area contributed by atoms with Gasteiger partial charge in [0.25, 0.3) is 0 Å². The molecule has 2 N–H and O–H groups in total. The molecule has 1 aliphatic carbocycles. The van der Waals surface area contributed by atoms with E-state index in [1.54, 1.807) is 12.1 Å². The van der Waals surface area contributed by atoms with Gasteiger partial charge in [0.1, 0.15) is 5.75 Å². The van der Waals surface area contributed by atoms with Crippen molar-refractivity contribution in [3.05, 3.63) is 29.8 Å². The number of phenols is 1. The molecule has 0 radical (unpaired) electrons. The molecule has 3 nitrogen and oxygen atoms in total. The van der Waals surface area contributed by atoms with Gasteiger partial charge in [-0.1, -0.05) is 12.1 Å². The molecule has 2 aliphatic rings. The van der Waals surface area contributed by atoms with Gasteiger partial charge < -0.3 is 10.4 Å². The maximum Gasteiger partial charge on any atom is 0.115 e. The van der Waals surface area contributed by atoms with E-state index in [9.17, 15) is 5.11 Å². The molecule has 2 fully saturated rings. The first-order valence-corrected chi connectivity index (χ1v) is 7.99. The highest BCUT2D eigenvalue weighted by molar-refractivity contribution is 5.26. The van der Waals surface area contributed by atoms with Crippen molar-refractivity contribution in [2.24, 2.45) is 0 Å². The largest absolute Gasteiger partial charge is 0.508 e. The lowest BCUT2D eigenvalue weighted by Gasteiger charge is -2.31. The fraction of sp³-hybridized carbons (Fsp3) is 0.647. The molecule has 1 aromatic carbocycles. The van der Waals surface area contributed by atoms with Gasteiger partial charge in [-0.25, -0.2) is 0 Å². The monoisotopic (exact) mass is 274 g/mol. The Balaban J connectivity index is 1.59. The van der Waals surface area contributed by atoms with Crippen LogP contribution >= 0.6 is 0 Å². The van der Waals surface area contributed by atoms with Crippen molar-refractivity contribution in [3.8, 4) is 5.75 Å². The van der Waals surface area contributed by atoms with Crippen molar-refractivity contribution in [2.75, 3.05) is 13.1 Å². The van der Waals surface area contributed by atoms with E-state index in [1.807, 2.05) is 12.1 Å². The number of phenolic OH excluding ortho intramolecular Hbond substituents is 1. The summed E-state index contributed by atoms with van der Waals surface area (Å²) in [6.07, 6.45) is 6.47. The second-order valence-electron chi connectivity index (χ2n) is 6.44. The smallest absolute Gasteiger partial charge is 0.115 e. The Hall–Kier alpha value is -1.06. The highest BCUT2D eigenvalue weighted by Gasteiger charge is 2.34.